The topological polar surface area (TPSA) is 44.4 Å². The Kier molecular flexibility index (Phi) is 3.85. The molecule has 0 aromatic heterocycles. The Hall–Kier alpha value is -0.610. The molecule has 1 amide bonds. The van der Waals surface area contributed by atoms with Gasteiger partial charge in [0.15, 0.2) is 0 Å². The molecule has 18 heavy (non-hydrogen) atoms. The molecule has 0 aromatic carbocycles. The molecule has 2 aliphatic carbocycles. The maximum absolute atomic E-state index is 12.1. The van der Waals surface area contributed by atoms with Gasteiger partial charge in [-0.2, -0.15) is 0 Å². The Morgan fingerprint density at radius 1 is 1.22 bits per heavy atom. The minimum absolute atomic E-state index is 0.245. The molecule has 102 valence electrons. The number of nitrogens with one attached hydrogen (secondary N) is 2. The van der Waals surface area contributed by atoms with Gasteiger partial charge in [0.1, 0.15) is 0 Å². The summed E-state index contributed by atoms with van der Waals surface area (Å²) < 4.78 is 0. The summed E-state index contributed by atoms with van der Waals surface area (Å²) in [5.74, 6) is 1.93. The first-order chi connectivity index (χ1) is 8.81. The molecule has 3 rings (SSSR count). The van der Waals surface area contributed by atoms with Gasteiger partial charge in [0.25, 0.3) is 0 Å². The van der Waals surface area contributed by atoms with E-state index in [0.29, 0.717) is 12.6 Å². The van der Waals surface area contributed by atoms with Crippen LogP contribution >= 0.6 is 0 Å². The highest BCUT2D eigenvalue weighted by molar-refractivity contribution is 5.78. The highest BCUT2D eigenvalue weighted by Gasteiger charge is 2.40. The number of fused-ring (bicyclic) bond motifs is 2. The van der Waals surface area contributed by atoms with Gasteiger partial charge in [-0.1, -0.05) is 6.42 Å². The lowest BCUT2D eigenvalue weighted by atomic mass is 9.95. The molecule has 4 nitrogen and oxygen atoms in total. The van der Waals surface area contributed by atoms with Gasteiger partial charge in [-0.25, -0.2) is 0 Å². The normalized spacial score (nSPS) is 36.6. The first-order valence-electron chi connectivity index (χ1n) is 7.53. The zero-order chi connectivity index (χ0) is 12.4. The Bertz CT molecular complexity index is 299. The number of carbonyl (C=O) groups is 1. The third-order valence-corrected chi connectivity index (χ3v) is 4.88. The maximum atomic E-state index is 12.1. The molecule has 3 unspecified atom stereocenters. The lowest BCUT2D eigenvalue weighted by Crippen LogP contribution is -2.44. The second kappa shape index (κ2) is 5.57. The zero-order valence-electron chi connectivity index (χ0n) is 11.2. The summed E-state index contributed by atoms with van der Waals surface area (Å²) in [4.78, 5) is 14.4. The van der Waals surface area contributed by atoms with E-state index in [1.54, 1.807) is 0 Å². The fraction of sp³-hybridized carbons (Fsp3) is 0.929. The Balaban J connectivity index is 1.44. The lowest BCUT2D eigenvalue weighted by Gasteiger charge is -2.25. The SMILES string of the molecule is O=C(CN1CCCNCC1)NC1CC2CCC1C2. The second-order valence-corrected chi connectivity index (χ2v) is 6.23. The Labute approximate surface area is 109 Å². The first-order valence-corrected chi connectivity index (χ1v) is 7.53. The first kappa shape index (κ1) is 12.4. The average molecular weight is 251 g/mol. The van der Waals surface area contributed by atoms with Crippen LogP contribution in [0, 0.1) is 11.8 Å². The molecule has 4 heteroatoms. The number of amides is 1. The standard InChI is InChI=1S/C14H25N3O/c18-14(10-17-6-1-4-15-5-7-17)16-13-9-11-2-3-12(13)8-11/h11-13,15H,1-10H2,(H,16,18). The molecule has 2 bridgehead atoms. The molecule has 3 fully saturated rings. The van der Waals surface area contributed by atoms with E-state index in [1.807, 2.05) is 0 Å². The van der Waals surface area contributed by atoms with Crippen molar-refractivity contribution < 1.29 is 4.79 Å². The third kappa shape index (κ3) is 2.86. The van der Waals surface area contributed by atoms with Crippen LogP contribution in [0.15, 0.2) is 0 Å². The Morgan fingerprint density at radius 3 is 2.94 bits per heavy atom. The summed E-state index contributed by atoms with van der Waals surface area (Å²) in [6, 6.07) is 0.487. The maximum Gasteiger partial charge on any atom is 0.234 e. The summed E-state index contributed by atoms with van der Waals surface area (Å²) in [5.41, 5.74) is 0. The minimum atomic E-state index is 0.245. The molecule has 1 aliphatic heterocycles. The van der Waals surface area contributed by atoms with Crippen LogP contribution in [0.25, 0.3) is 0 Å². The second-order valence-electron chi connectivity index (χ2n) is 6.23. The fourth-order valence-corrected chi connectivity index (χ4v) is 3.94. The monoisotopic (exact) mass is 251 g/mol. The van der Waals surface area contributed by atoms with E-state index in [9.17, 15) is 4.79 Å². The minimum Gasteiger partial charge on any atom is -0.352 e. The zero-order valence-corrected chi connectivity index (χ0v) is 11.2. The van der Waals surface area contributed by atoms with Crippen LogP contribution in [-0.2, 0) is 4.79 Å². The molecule has 3 aliphatic rings. The van der Waals surface area contributed by atoms with Crippen molar-refractivity contribution in [1.82, 2.24) is 15.5 Å². The van der Waals surface area contributed by atoms with Crippen LogP contribution in [0.4, 0.5) is 0 Å². The van der Waals surface area contributed by atoms with E-state index < -0.39 is 0 Å². The number of rotatable bonds is 3. The van der Waals surface area contributed by atoms with Crippen molar-refractivity contribution in [2.45, 2.75) is 38.1 Å². The van der Waals surface area contributed by atoms with Crippen LogP contribution in [0.5, 0.6) is 0 Å². The van der Waals surface area contributed by atoms with Crippen molar-refractivity contribution in [2.24, 2.45) is 11.8 Å². The summed E-state index contributed by atoms with van der Waals surface area (Å²) in [6.45, 7) is 4.75. The van der Waals surface area contributed by atoms with Crippen LogP contribution < -0.4 is 10.6 Å². The van der Waals surface area contributed by atoms with Crippen molar-refractivity contribution in [2.75, 3.05) is 32.7 Å². The van der Waals surface area contributed by atoms with Crippen molar-refractivity contribution in [1.29, 1.82) is 0 Å². The van der Waals surface area contributed by atoms with Crippen molar-refractivity contribution in [3.63, 3.8) is 0 Å². The molecule has 3 atom stereocenters. The van der Waals surface area contributed by atoms with Crippen molar-refractivity contribution in [3.05, 3.63) is 0 Å². The molecule has 0 radical (unpaired) electrons. The molecule has 1 saturated heterocycles. The Morgan fingerprint density at radius 2 is 2.17 bits per heavy atom. The smallest absolute Gasteiger partial charge is 0.234 e. The van der Waals surface area contributed by atoms with Crippen molar-refractivity contribution in [3.8, 4) is 0 Å². The van der Waals surface area contributed by atoms with E-state index in [1.165, 1.54) is 25.7 Å². The predicted molar refractivity (Wildman–Crippen MR) is 71.3 cm³/mol. The molecule has 0 spiro atoms. The number of hydrogen-bond acceptors (Lipinski definition) is 3. The molecule has 0 aromatic rings. The van der Waals surface area contributed by atoms with E-state index in [0.717, 1.165) is 44.4 Å². The van der Waals surface area contributed by atoms with Crippen LogP contribution in [-0.4, -0.2) is 49.6 Å². The molecule has 1 heterocycles. The van der Waals surface area contributed by atoms with Gasteiger partial charge in [-0.15, -0.1) is 0 Å². The fourth-order valence-electron chi connectivity index (χ4n) is 3.94. The average Bonchev–Trinajstić information content (AvgIpc) is 2.86. The van der Waals surface area contributed by atoms with Gasteiger partial charge in [0, 0.05) is 19.1 Å². The van der Waals surface area contributed by atoms with E-state index in [4.69, 9.17) is 0 Å². The van der Waals surface area contributed by atoms with E-state index in [2.05, 4.69) is 15.5 Å². The van der Waals surface area contributed by atoms with E-state index in [-0.39, 0.29) is 5.91 Å². The number of hydrogen-bond donors (Lipinski definition) is 2. The quantitative estimate of drug-likeness (QED) is 0.771. The lowest BCUT2D eigenvalue weighted by molar-refractivity contribution is -0.123. The van der Waals surface area contributed by atoms with E-state index >= 15 is 0 Å². The summed E-state index contributed by atoms with van der Waals surface area (Å²) >= 11 is 0. The summed E-state index contributed by atoms with van der Waals surface area (Å²) in [6.07, 6.45) is 6.48. The summed E-state index contributed by atoms with van der Waals surface area (Å²) in [5, 5.41) is 6.65. The summed E-state index contributed by atoms with van der Waals surface area (Å²) in [7, 11) is 0. The van der Waals surface area contributed by atoms with Gasteiger partial charge < -0.3 is 10.6 Å². The predicted octanol–water partition coefficient (Wildman–Crippen LogP) is 0.587. The van der Waals surface area contributed by atoms with Crippen LogP contribution in [0.2, 0.25) is 0 Å². The van der Waals surface area contributed by atoms with Crippen LogP contribution in [0.1, 0.15) is 32.1 Å². The van der Waals surface area contributed by atoms with Gasteiger partial charge in [0.05, 0.1) is 6.54 Å². The largest absolute Gasteiger partial charge is 0.352 e. The molecular formula is C14H25N3O. The van der Waals surface area contributed by atoms with Gasteiger partial charge >= 0.3 is 0 Å². The highest BCUT2D eigenvalue weighted by atomic mass is 16.2. The number of nitrogens with zero attached hydrogens (tertiary/aromatic N) is 1. The van der Waals surface area contributed by atoms with Gasteiger partial charge in [-0.3, -0.25) is 9.69 Å². The van der Waals surface area contributed by atoms with Crippen molar-refractivity contribution >= 4 is 5.91 Å². The highest BCUT2D eigenvalue weighted by Crippen LogP contribution is 2.44. The van der Waals surface area contributed by atoms with Crippen LogP contribution in [0.3, 0.4) is 0 Å². The number of carbonyl (C=O) groups excluding carboxylic acids is 1. The molecule has 2 N–H and O–H groups in total. The molecule has 2 saturated carbocycles. The van der Waals surface area contributed by atoms with Gasteiger partial charge in [0.2, 0.25) is 5.91 Å². The third-order valence-electron chi connectivity index (χ3n) is 4.88. The van der Waals surface area contributed by atoms with Gasteiger partial charge in [-0.05, 0) is 50.6 Å². The molecular weight excluding hydrogens is 226 g/mol.